The van der Waals surface area contributed by atoms with Gasteiger partial charge in [0, 0.05) is 0 Å². The Labute approximate surface area is 67.0 Å². The lowest BCUT2D eigenvalue weighted by Gasteiger charge is -1.82. The molecule has 3 heteroatoms. The summed E-state index contributed by atoms with van der Waals surface area (Å²) in [6, 6.07) is 10.3. The number of aryl methyl sites for hydroxylation is 1. The third kappa shape index (κ3) is 5.74. The number of hydrogen-bond acceptors (Lipinski definition) is 1. The summed E-state index contributed by atoms with van der Waals surface area (Å²) >= 11 is 4.42. The van der Waals surface area contributed by atoms with Crippen LogP contribution >= 0.6 is 19.1 Å². The van der Waals surface area contributed by atoms with Gasteiger partial charge in [0.2, 0.25) is 0 Å². The third-order valence-corrected chi connectivity index (χ3v) is 0.940. The monoisotopic (exact) mass is 174 g/mol. The maximum absolute atomic E-state index is 8.67. The van der Waals surface area contributed by atoms with Gasteiger partial charge in [-0.15, -0.1) is 0 Å². The molecule has 0 fully saturated rings. The lowest BCUT2D eigenvalue weighted by atomic mass is 10.2. The van der Waals surface area contributed by atoms with Crippen molar-refractivity contribution >= 4 is 19.1 Å². The molecular weight excluding hydrogens is 167 g/mol. The van der Waals surface area contributed by atoms with Crippen LogP contribution in [0, 0.1) is 6.92 Å². The van der Waals surface area contributed by atoms with E-state index in [2.05, 4.69) is 30.3 Å². The molecule has 0 aliphatic rings. The zero-order valence-corrected chi connectivity index (χ0v) is 7.27. The molecule has 0 bridgehead atoms. The Bertz CT molecular complexity index is 176. The van der Waals surface area contributed by atoms with Gasteiger partial charge in [-0.1, -0.05) is 35.9 Å². The fourth-order valence-electron chi connectivity index (χ4n) is 0.534. The van der Waals surface area contributed by atoms with Gasteiger partial charge < -0.3 is 0 Å². The van der Waals surface area contributed by atoms with Gasteiger partial charge in [0.25, 0.3) is 7.81 Å². The van der Waals surface area contributed by atoms with Crippen LogP contribution in [-0.4, -0.2) is 0 Å². The van der Waals surface area contributed by atoms with E-state index >= 15 is 0 Å². The molecule has 0 aliphatic carbocycles. The van der Waals surface area contributed by atoms with E-state index in [1.54, 1.807) is 0 Å². The number of halogens is 1. The second kappa shape index (κ2) is 6.73. The second-order valence-electron chi connectivity index (χ2n) is 1.72. The second-order valence-corrected chi connectivity index (χ2v) is 2.28. The minimum atomic E-state index is -0.361. The smallest absolute Gasteiger partial charge is 0.256 e. The van der Waals surface area contributed by atoms with Crippen molar-refractivity contribution in [2.75, 3.05) is 0 Å². The molecule has 1 aromatic carbocycles. The minimum Gasteiger partial charge on any atom is -0.256 e. The molecule has 0 saturated carbocycles. The summed E-state index contributed by atoms with van der Waals surface area (Å²) in [7, 11) is -0.361. The van der Waals surface area contributed by atoms with Crippen molar-refractivity contribution in [2.24, 2.45) is 0 Å². The van der Waals surface area contributed by atoms with Gasteiger partial charge in [0.15, 0.2) is 0 Å². The lowest BCUT2D eigenvalue weighted by Crippen LogP contribution is -1.62. The van der Waals surface area contributed by atoms with Gasteiger partial charge in [-0.3, -0.25) is 4.57 Å². The third-order valence-electron chi connectivity index (χ3n) is 0.940. The largest absolute Gasteiger partial charge is 0.267 e. The maximum atomic E-state index is 8.67. The fourth-order valence-corrected chi connectivity index (χ4v) is 0.534. The average molecular weight is 175 g/mol. The molecule has 0 aromatic heterocycles. The summed E-state index contributed by atoms with van der Waals surface area (Å²) in [5, 5.41) is 0. The highest BCUT2D eigenvalue weighted by Crippen LogP contribution is 1.92. The van der Waals surface area contributed by atoms with E-state index in [0.29, 0.717) is 0 Å². The molecule has 0 heterocycles. The Morgan fingerprint density at radius 3 is 1.90 bits per heavy atom. The molecule has 1 aromatic rings. The summed E-state index contributed by atoms with van der Waals surface area (Å²) in [6.07, 6.45) is 0. The van der Waals surface area contributed by atoms with Crippen molar-refractivity contribution in [1.29, 1.82) is 0 Å². The fraction of sp³-hybridized carbons (Fsp3) is 0.143. The molecule has 54 valence electrons. The van der Waals surface area contributed by atoms with Gasteiger partial charge in [-0.2, -0.15) is 0 Å². The number of hydrogen-bond donors (Lipinski definition) is 0. The van der Waals surface area contributed by atoms with Gasteiger partial charge in [0.1, 0.15) is 0 Å². The number of benzene rings is 1. The SMILES string of the molecule is Cc1ccccc1.O=PCl. The van der Waals surface area contributed by atoms with Crippen molar-refractivity contribution in [2.45, 2.75) is 6.92 Å². The first kappa shape index (κ1) is 9.61. The van der Waals surface area contributed by atoms with E-state index in [1.165, 1.54) is 5.56 Å². The molecule has 0 radical (unpaired) electrons. The van der Waals surface area contributed by atoms with Crippen molar-refractivity contribution in [3.63, 3.8) is 0 Å². The van der Waals surface area contributed by atoms with Crippen LogP contribution in [0.3, 0.4) is 0 Å². The van der Waals surface area contributed by atoms with E-state index in [-0.39, 0.29) is 7.81 Å². The van der Waals surface area contributed by atoms with Gasteiger partial charge in [-0.05, 0) is 18.2 Å². The van der Waals surface area contributed by atoms with Crippen molar-refractivity contribution in [3.05, 3.63) is 35.9 Å². The van der Waals surface area contributed by atoms with Crippen LogP contribution in [0.4, 0.5) is 0 Å². The Morgan fingerprint density at radius 2 is 1.70 bits per heavy atom. The Morgan fingerprint density at radius 1 is 1.30 bits per heavy atom. The van der Waals surface area contributed by atoms with Gasteiger partial charge >= 0.3 is 0 Å². The predicted octanol–water partition coefficient (Wildman–Crippen LogP) is 3.43. The standard InChI is InChI=1S/C7H8.ClOP/c1-7-5-3-2-4-6-7;1-3-2/h2-6H,1H3;. The molecular formula is C7H8ClOP. The predicted molar refractivity (Wildman–Crippen MR) is 44.6 cm³/mol. The minimum absolute atomic E-state index is 0.361. The molecule has 0 amide bonds. The van der Waals surface area contributed by atoms with Gasteiger partial charge in [0.05, 0.1) is 0 Å². The molecule has 10 heavy (non-hydrogen) atoms. The first-order chi connectivity index (χ1) is 4.81. The van der Waals surface area contributed by atoms with Gasteiger partial charge in [-0.25, -0.2) is 0 Å². The van der Waals surface area contributed by atoms with Crippen LogP contribution in [0.5, 0.6) is 0 Å². The van der Waals surface area contributed by atoms with Crippen molar-refractivity contribution in [1.82, 2.24) is 0 Å². The maximum Gasteiger partial charge on any atom is 0.267 e. The first-order valence-corrected chi connectivity index (χ1v) is 4.48. The van der Waals surface area contributed by atoms with E-state index in [4.69, 9.17) is 4.57 Å². The summed E-state index contributed by atoms with van der Waals surface area (Å²) in [5.74, 6) is 0. The zero-order chi connectivity index (χ0) is 7.82. The molecule has 0 N–H and O–H groups in total. The average Bonchev–Trinajstić information content (AvgIpc) is 1.91. The highest BCUT2D eigenvalue weighted by Gasteiger charge is 1.72. The Kier molecular flexibility index (Phi) is 6.46. The summed E-state index contributed by atoms with van der Waals surface area (Å²) in [4.78, 5) is 0. The molecule has 0 saturated heterocycles. The van der Waals surface area contributed by atoms with Crippen molar-refractivity contribution in [3.8, 4) is 0 Å². The van der Waals surface area contributed by atoms with Crippen LogP contribution < -0.4 is 0 Å². The van der Waals surface area contributed by atoms with Crippen molar-refractivity contribution < 1.29 is 4.57 Å². The van der Waals surface area contributed by atoms with E-state index in [0.717, 1.165) is 0 Å². The van der Waals surface area contributed by atoms with E-state index in [9.17, 15) is 0 Å². The molecule has 0 unspecified atom stereocenters. The van der Waals surface area contributed by atoms with Crippen LogP contribution in [0.15, 0.2) is 30.3 Å². The van der Waals surface area contributed by atoms with Crippen LogP contribution in [-0.2, 0) is 4.57 Å². The van der Waals surface area contributed by atoms with E-state index < -0.39 is 0 Å². The summed E-state index contributed by atoms with van der Waals surface area (Å²) in [6.45, 7) is 2.08. The molecule has 0 aliphatic heterocycles. The molecule has 1 rings (SSSR count). The quantitative estimate of drug-likeness (QED) is 0.551. The Hall–Kier alpha value is -0.390. The molecule has 1 nitrogen and oxygen atoms in total. The van der Waals surface area contributed by atoms with Crippen LogP contribution in [0.2, 0.25) is 0 Å². The Balaban J connectivity index is 0.000000236. The summed E-state index contributed by atoms with van der Waals surface area (Å²) in [5.41, 5.74) is 1.32. The first-order valence-electron chi connectivity index (χ1n) is 2.76. The summed E-state index contributed by atoms with van der Waals surface area (Å²) < 4.78 is 8.67. The number of rotatable bonds is 0. The van der Waals surface area contributed by atoms with Crippen LogP contribution in [0.25, 0.3) is 0 Å². The topological polar surface area (TPSA) is 17.1 Å². The highest BCUT2D eigenvalue weighted by atomic mass is 35.7. The normalized spacial score (nSPS) is 8.20. The molecule has 0 atom stereocenters. The zero-order valence-electron chi connectivity index (χ0n) is 5.62. The molecule has 0 spiro atoms. The van der Waals surface area contributed by atoms with Crippen LogP contribution in [0.1, 0.15) is 5.56 Å². The highest BCUT2D eigenvalue weighted by molar-refractivity contribution is 7.57. The van der Waals surface area contributed by atoms with E-state index in [1.807, 2.05) is 18.2 Å². The lowest BCUT2D eigenvalue weighted by molar-refractivity contribution is 0.605.